The van der Waals surface area contributed by atoms with Gasteiger partial charge in [0, 0.05) is 6.54 Å². The van der Waals surface area contributed by atoms with E-state index in [-0.39, 0.29) is 11.5 Å². The van der Waals surface area contributed by atoms with Crippen molar-refractivity contribution < 1.29 is 4.79 Å². The van der Waals surface area contributed by atoms with Gasteiger partial charge in [-0.2, -0.15) is 0 Å². The van der Waals surface area contributed by atoms with Gasteiger partial charge in [-0.05, 0) is 31.4 Å². The van der Waals surface area contributed by atoms with E-state index in [1.807, 2.05) is 30.3 Å². The molecule has 118 valence electrons. The highest BCUT2D eigenvalue weighted by Gasteiger charge is 2.18. The molecule has 3 rings (SSSR count). The zero-order chi connectivity index (χ0) is 16.4. The zero-order valence-electron chi connectivity index (χ0n) is 13.0. The third-order valence-electron chi connectivity index (χ3n) is 3.67. The number of hydrogen-bond donors (Lipinski definition) is 2. The maximum absolute atomic E-state index is 12.4. The SMILES string of the molecule is Cc1nc2sc(C(=O)NCCc3ccccc3)c(C)c2c(=O)[nH]1. The van der Waals surface area contributed by atoms with Crippen LogP contribution in [-0.4, -0.2) is 22.4 Å². The summed E-state index contributed by atoms with van der Waals surface area (Å²) in [5.74, 6) is 0.401. The number of H-pyrrole nitrogens is 1. The average Bonchev–Trinajstić information content (AvgIpc) is 2.85. The summed E-state index contributed by atoms with van der Waals surface area (Å²) in [6.45, 7) is 4.08. The lowest BCUT2D eigenvalue weighted by Gasteiger charge is -2.04. The van der Waals surface area contributed by atoms with Crippen LogP contribution in [0.2, 0.25) is 0 Å². The third kappa shape index (κ3) is 3.17. The molecule has 5 nitrogen and oxygen atoms in total. The topological polar surface area (TPSA) is 74.8 Å². The van der Waals surface area contributed by atoms with Gasteiger partial charge >= 0.3 is 0 Å². The van der Waals surface area contributed by atoms with Gasteiger partial charge in [0.25, 0.3) is 11.5 Å². The van der Waals surface area contributed by atoms with Gasteiger partial charge in [0.2, 0.25) is 0 Å². The van der Waals surface area contributed by atoms with E-state index in [0.717, 1.165) is 6.42 Å². The van der Waals surface area contributed by atoms with Gasteiger partial charge in [-0.1, -0.05) is 30.3 Å². The summed E-state index contributed by atoms with van der Waals surface area (Å²) in [7, 11) is 0. The van der Waals surface area contributed by atoms with E-state index < -0.39 is 0 Å². The number of thiophene rings is 1. The second kappa shape index (κ2) is 6.34. The molecule has 1 amide bonds. The minimum atomic E-state index is -0.190. The van der Waals surface area contributed by atoms with E-state index in [0.29, 0.717) is 33.0 Å². The number of benzene rings is 1. The highest BCUT2D eigenvalue weighted by molar-refractivity contribution is 7.20. The van der Waals surface area contributed by atoms with E-state index in [2.05, 4.69) is 15.3 Å². The Balaban J connectivity index is 1.77. The average molecular weight is 327 g/mol. The predicted molar refractivity (Wildman–Crippen MR) is 92.2 cm³/mol. The second-order valence-corrected chi connectivity index (χ2v) is 6.38. The van der Waals surface area contributed by atoms with Crippen LogP contribution in [0, 0.1) is 13.8 Å². The molecule has 0 aliphatic rings. The summed E-state index contributed by atoms with van der Waals surface area (Å²) in [5.41, 5.74) is 1.68. The quantitative estimate of drug-likeness (QED) is 0.773. The number of aromatic amines is 1. The Morgan fingerprint density at radius 1 is 1.26 bits per heavy atom. The summed E-state index contributed by atoms with van der Waals surface area (Å²) >= 11 is 1.26. The van der Waals surface area contributed by atoms with E-state index in [9.17, 15) is 9.59 Å². The minimum Gasteiger partial charge on any atom is -0.351 e. The van der Waals surface area contributed by atoms with Gasteiger partial charge in [-0.25, -0.2) is 4.98 Å². The predicted octanol–water partition coefficient (Wildman–Crippen LogP) is 2.57. The Morgan fingerprint density at radius 3 is 2.74 bits per heavy atom. The monoisotopic (exact) mass is 327 g/mol. The molecule has 0 fully saturated rings. The molecule has 0 unspecified atom stereocenters. The Hall–Kier alpha value is -2.47. The number of fused-ring (bicyclic) bond motifs is 1. The lowest BCUT2D eigenvalue weighted by atomic mass is 10.1. The van der Waals surface area contributed by atoms with Crippen molar-refractivity contribution in [2.45, 2.75) is 20.3 Å². The lowest BCUT2D eigenvalue weighted by Crippen LogP contribution is -2.25. The van der Waals surface area contributed by atoms with Gasteiger partial charge in [0.15, 0.2) is 0 Å². The van der Waals surface area contributed by atoms with Crippen molar-refractivity contribution >= 4 is 27.5 Å². The maximum atomic E-state index is 12.4. The molecule has 3 aromatic rings. The number of nitrogens with zero attached hydrogens (tertiary/aromatic N) is 1. The standard InChI is InChI=1S/C17H17N3O2S/c1-10-13-15(21)19-11(2)20-17(13)23-14(10)16(22)18-9-8-12-6-4-3-5-7-12/h3-7H,8-9H2,1-2H3,(H,18,22)(H,19,20,21). The highest BCUT2D eigenvalue weighted by atomic mass is 32.1. The van der Waals surface area contributed by atoms with E-state index in [4.69, 9.17) is 0 Å². The van der Waals surface area contributed by atoms with Crippen molar-refractivity contribution in [3.8, 4) is 0 Å². The van der Waals surface area contributed by atoms with Crippen LogP contribution in [-0.2, 0) is 6.42 Å². The van der Waals surface area contributed by atoms with Crippen LogP contribution < -0.4 is 10.9 Å². The molecule has 0 atom stereocenters. The number of carbonyl (C=O) groups is 1. The normalized spacial score (nSPS) is 10.9. The molecule has 0 bridgehead atoms. The third-order valence-corrected chi connectivity index (χ3v) is 4.85. The van der Waals surface area contributed by atoms with Crippen molar-refractivity contribution in [2.24, 2.45) is 0 Å². The van der Waals surface area contributed by atoms with Gasteiger partial charge in [-0.15, -0.1) is 11.3 Å². The van der Waals surface area contributed by atoms with Crippen LogP contribution in [0.1, 0.15) is 26.6 Å². The van der Waals surface area contributed by atoms with E-state index >= 15 is 0 Å². The van der Waals surface area contributed by atoms with Crippen LogP contribution in [0.15, 0.2) is 35.1 Å². The Kier molecular flexibility index (Phi) is 4.25. The summed E-state index contributed by atoms with van der Waals surface area (Å²) in [5, 5.41) is 3.42. The molecule has 0 spiro atoms. The smallest absolute Gasteiger partial charge is 0.261 e. The number of aromatic nitrogens is 2. The van der Waals surface area contributed by atoms with Crippen LogP contribution >= 0.6 is 11.3 Å². The molecule has 0 radical (unpaired) electrons. The first-order valence-corrected chi connectivity index (χ1v) is 8.20. The largest absolute Gasteiger partial charge is 0.351 e. The minimum absolute atomic E-state index is 0.154. The summed E-state index contributed by atoms with van der Waals surface area (Å²) < 4.78 is 0. The van der Waals surface area contributed by atoms with Crippen molar-refractivity contribution in [3.05, 3.63) is 62.5 Å². The summed E-state index contributed by atoms with van der Waals surface area (Å²) in [6, 6.07) is 9.99. The second-order valence-electron chi connectivity index (χ2n) is 5.38. The number of nitrogens with one attached hydrogen (secondary N) is 2. The maximum Gasteiger partial charge on any atom is 0.261 e. The number of amides is 1. The van der Waals surface area contributed by atoms with Crippen LogP contribution in [0.25, 0.3) is 10.2 Å². The van der Waals surface area contributed by atoms with Gasteiger partial charge in [0.1, 0.15) is 10.7 Å². The van der Waals surface area contributed by atoms with E-state index in [1.54, 1.807) is 13.8 Å². The van der Waals surface area contributed by atoms with E-state index in [1.165, 1.54) is 16.9 Å². The molecule has 0 aliphatic carbocycles. The van der Waals surface area contributed by atoms with Gasteiger partial charge in [-0.3, -0.25) is 9.59 Å². The van der Waals surface area contributed by atoms with Crippen molar-refractivity contribution in [2.75, 3.05) is 6.54 Å². The first kappa shape index (κ1) is 15.4. The first-order chi connectivity index (χ1) is 11.1. The Morgan fingerprint density at radius 2 is 2.00 bits per heavy atom. The fourth-order valence-electron chi connectivity index (χ4n) is 2.51. The number of carbonyl (C=O) groups excluding carboxylic acids is 1. The Bertz CT molecular complexity index is 913. The summed E-state index contributed by atoms with van der Waals surface area (Å²) in [6.07, 6.45) is 0.772. The molecule has 0 saturated carbocycles. The molecule has 0 saturated heterocycles. The Labute approximate surface area is 137 Å². The van der Waals surface area contributed by atoms with Crippen LogP contribution in [0.4, 0.5) is 0 Å². The zero-order valence-corrected chi connectivity index (χ0v) is 13.8. The fourth-order valence-corrected chi connectivity index (χ4v) is 3.66. The molecule has 23 heavy (non-hydrogen) atoms. The van der Waals surface area contributed by atoms with Crippen LogP contribution in [0.5, 0.6) is 0 Å². The summed E-state index contributed by atoms with van der Waals surface area (Å²) in [4.78, 5) is 32.6. The highest BCUT2D eigenvalue weighted by Crippen LogP contribution is 2.26. The molecular formula is C17H17N3O2S. The molecule has 2 N–H and O–H groups in total. The molecule has 6 heteroatoms. The van der Waals surface area contributed by atoms with Crippen molar-refractivity contribution in [3.63, 3.8) is 0 Å². The molecule has 0 aliphatic heterocycles. The van der Waals surface area contributed by atoms with Gasteiger partial charge < -0.3 is 10.3 Å². The fraction of sp³-hybridized carbons (Fsp3) is 0.235. The number of hydrogen-bond acceptors (Lipinski definition) is 4. The lowest BCUT2D eigenvalue weighted by molar-refractivity contribution is 0.0957. The van der Waals surface area contributed by atoms with Gasteiger partial charge in [0.05, 0.1) is 10.3 Å². The van der Waals surface area contributed by atoms with Crippen molar-refractivity contribution in [1.29, 1.82) is 0 Å². The molecule has 2 aromatic heterocycles. The number of aryl methyl sites for hydroxylation is 2. The molecular weight excluding hydrogens is 310 g/mol. The van der Waals surface area contributed by atoms with Crippen LogP contribution in [0.3, 0.4) is 0 Å². The van der Waals surface area contributed by atoms with Crippen molar-refractivity contribution in [1.82, 2.24) is 15.3 Å². The first-order valence-electron chi connectivity index (χ1n) is 7.38. The molecule has 1 aromatic carbocycles. The molecule has 2 heterocycles. The number of rotatable bonds is 4.